The largest absolute Gasteiger partial charge is 0.371 e. The fourth-order valence-electron chi connectivity index (χ4n) is 2.07. The number of quaternary nitrogens is 1. The summed E-state index contributed by atoms with van der Waals surface area (Å²) >= 11 is 3.46. The summed E-state index contributed by atoms with van der Waals surface area (Å²) in [6.07, 6.45) is 11.4. The maximum Gasteiger partial charge on any atom is 0.109 e. The van der Waals surface area contributed by atoms with Crippen LogP contribution in [0, 0.1) is 0 Å². The molecule has 0 unspecified atom stereocenters. The second-order valence-electron chi connectivity index (χ2n) is 5.57. The molecule has 1 aromatic carbocycles. The molecule has 1 rings (SSSR count). The Kier molecular flexibility index (Phi) is 11.3. The molecule has 128 valence electrons. The molecule has 0 aliphatic carbocycles. The number of hydrazone groups is 1. The van der Waals surface area contributed by atoms with Crippen LogP contribution in [0.15, 0.2) is 47.8 Å². The van der Waals surface area contributed by atoms with E-state index in [0.717, 1.165) is 24.1 Å². The zero-order valence-electron chi connectivity index (χ0n) is 14.4. The second kappa shape index (κ2) is 13.1. The van der Waals surface area contributed by atoms with Gasteiger partial charge in [0.25, 0.3) is 0 Å². The maximum absolute atomic E-state index is 4.44. The number of hydrogen-bond donors (Lipinski definition) is 1. The van der Waals surface area contributed by atoms with Crippen LogP contribution in [0.3, 0.4) is 0 Å². The first-order valence-corrected chi connectivity index (χ1v) is 9.43. The summed E-state index contributed by atoms with van der Waals surface area (Å²) in [6.45, 7) is 1.96. The molecule has 0 aliphatic heterocycles. The van der Waals surface area contributed by atoms with E-state index in [1.807, 2.05) is 48.6 Å². The van der Waals surface area contributed by atoms with Gasteiger partial charge >= 0.3 is 0 Å². The van der Waals surface area contributed by atoms with Crippen molar-refractivity contribution in [1.29, 1.82) is 0 Å². The minimum atomic E-state index is 0.798. The zero-order chi connectivity index (χ0) is 16.8. The third kappa shape index (κ3) is 10.1. The van der Waals surface area contributed by atoms with Crippen LogP contribution < -0.4 is 10.3 Å². The molecule has 0 aromatic heterocycles. The van der Waals surface area contributed by atoms with Crippen LogP contribution in [0.5, 0.6) is 0 Å². The van der Waals surface area contributed by atoms with Crippen molar-refractivity contribution in [3.63, 3.8) is 0 Å². The average molecular weight is 382 g/mol. The maximum atomic E-state index is 4.44. The average Bonchev–Trinajstić information content (AvgIpc) is 2.58. The lowest BCUT2D eigenvalue weighted by atomic mass is 10.2. The Labute approximate surface area is 149 Å². The molecular weight excluding hydrogens is 352 g/mol. The van der Waals surface area contributed by atoms with E-state index in [1.165, 1.54) is 25.7 Å². The highest BCUT2D eigenvalue weighted by atomic mass is 79.9. The van der Waals surface area contributed by atoms with E-state index in [2.05, 4.69) is 50.7 Å². The molecule has 23 heavy (non-hydrogen) atoms. The topological polar surface area (TPSA) is 35.5 Å². The molecule has 0 fully saturated rings. The first-order valence-electron chi connectivity index (χ1n) is 8.31. The highest BCUT2D eigenvalue weighted by Crippen LogP contribution is 2.10. The number of halogens is 1. The van der Waals surface area contributed by atoms with Gasteiger partial charge in [0.2, 0.25) is 0 Å². The van der Waals surface area contributed by atoms with E-state index in [9.17, 15) is 0 Å². The van der Waals surface area contributed by atoms with Crippen LogP contribution >= 0.6 is 15.9 Å². The van der Waals surface area contributed by atoms with E-state index >= 15 is 0 Å². The van der Waals surface area contributed by atoms with Gasteiger partial charge < -0.3 is 10.2 Å². The molecule has 4 nitrogen and oxygen atoms in total. The number of alkyl halides is 1. The molecule has 5 heteroatoms. The van der Waals surface area contributed by atoms with Crippen LogP contribution in [0.25, 0.3) is 0 Å². The lowest BCUT2D eigenvalue weighted by Gasteiger charge is -2.14. The second-order valence-corrected chi connectivity index (χ2v) is 6.36. The van der Waals surface area contributed by atoms with Gasteiger partial charge in [0.15, 0.2) is 0 Å². The van der Waals surface area contributed by atoms with Gasteiger partial charge in [0.1, 0.15) is 6.20 Å². The molecule has 0 aliphatic rings. The first-order chi connectivity index (χ1) is 11.2. The number of nitrogens with zero attached hydrogens (tertiary/aromatic N) is 3. The zero-order valence-corrected chi connectivity index (χ0v) is 16.0. The molecule has 1 aromatic rings. The Hall–Kier alpha value is -1.33. The van der Waals surface area contributed by atoms with Gasteiger partial charge in [-0.1, -0.05) is 40.5 Å². The van der Waals surface area contributed by atoms with Crippen LogP contribution in [-0.4, -0.2) is 43.6 Å². The SMILES string of the molecule is CN(C=C[NH2+]CCCCCCBr)CC=NN(C)c1ccccc1. The molecule has 0 radical (unpaired) electrons. The van der Waals surface area contributed by atoms with E-state index in [-0.39, 0.29) is 0 Å². The van der Waals surface area contributed by atoms with Crippen molar-refractivity contribution in [3.05, 3.63) is 42.7 Å². The Morgan fingerprint density at radius 2 is 1.83 bits per heavy atom. The fraction of sp³-hybridized carbons (Fsp3) is 0.500. The minimum absolute atomic E-state index is 0.798. The van der Waals surface area contributed by atoms with E-state index in [0.29, 0.717) is 0 Å². The summed E-state index contributed by atoms with van der Waals surface area (Å²) in [5.74, 6) is 0. The van der Waals surface area contributed by atoms with Crippen LogP contribution in [0.1, 0.15) is 25.7 Å². The van der Waals surface area contributed by atoms with Crippen molar-refractivity contribution in [3.8, 4) is 0 Å². The van der Waals surface area contributed by atoms with Gasteiger partial charge in [-0.05, 0) is 31.4 Å². The van der Waals surface area contributed by atoms with Crippen LogP contribution in [0.2, 0.25) is 0 Å². The van der Waals surface area contributed by atoms with Gasteiger partial charge in [0, 0.05) is 25.6 Å². The number of para-hydroxylation sites is 1. The smallest absolute Gasteiger partial charge is 0.109 e. The number of anilines is 1. The van der Waals surface area contributed by atoms with Crippen molar-refractivity contribution < 1.29 is 5.32 Å². The summed E-state index contributed by atoms with van der Waals surface area (Å²) < 4.78 is 0. The highest BCUT2D eigenvalue weighted by Gasteiger charge is 1.95. The van der Waals surface area contributed by atoms with E-state index in [4.69, 9.17) is 0 Å². The van der Waals surface area contributed by atoms with Gasteiger partial charge in [-0.25, -0.2) is 0 Å². The molecule has 0 spiro atoms. The summed E-state index contributed by atoms with van der Waals surface area (Å²) in [5, 5.41) is 9.70. The number of unbranched alkanes of at least 4 members (excludes halogenated alkanes) is 3. The number of hydrogen-bond acceptors (Lipinski definition) is 3. The standard InChI is InChI=1S/C18H29BrN4/c1-22(16-14-20-13-9-4-3-8-12-19)17-15-21-23(2)18-10-6-5-7-11-18/h5-7,10-11,14-16,20H,3-4,8-9,12-13,17H2,1-2H3/p+1. The molecule has 0 saturated heterocycles. The number of benzene rings is 1. The number of rotatable bonds is 12. The normalized spacial score (nSPS) is 11.4. The van der Waals surface area contributed by atoms with Crippen molar-refractivity contribution in [1.82, 2.24) is 4.90 Å². The molecule has 0 amide bonds. The number of nitrogens with two attached hydrogens (primary N) is 1. The highest BCUT2D eigenvalue weighted by molar-refractivity contribution is 9.09. The van der Waals surface area contributed by atoms with Gasteiger partial charge in [-0.15, -0.1) is 0 Å². The fourth-order valence-corrected chi connectivity index (χ4v) is 2.47. The molecular formula is C18H30BrN4+. The first kappa shape index (κ1) is 19.7. The molecule has 0 heterocycles. The Morgan fingerprint density at radius 1 is 1.09 bits per heavy atom. The predicted molar refractivity (Wildman–Crippen MR) is 104 cm³/mol. The Bertz CT molecular complexity index is 448. The van der Waals surface area contributed by atoms with Crippen molar-refractivity contribution in [2.75, 3.05) is 37.5 Å². The van der Waals surface area contributed by atoms with Crippen molar-refractivity contribution >= 4 is 27.8 Å². The van der Waals surface area contributed by atoms with Crippen LogP contribution in [0.4, 0.5) is 5.69 Å². The summed E-state index contributed by atoms with van der Waals surface area (Å²) in [4.78, 5) is 2.13. The molecule has 0 atom stereocenters. The Balaban J connectivity index is 2.12. The quantitative estimate of drug-likeness (QED) is 0.261. The Morgan fingerprint density at radius 3 is 2.57 bits per heavy atom. The van der Waals surface area contributed by atoms with Crippen molar-refractivity contribution in [2.45, 2.75) is 25.7 Å². The monoisotopic (exact) mass is 381 g/mol. The van der Waals surface area contributed by atoms with Gasteiger partial charge in [-0.3, -0.25) is 5.01 Å². The van der Waals surface area contributed by atoms with E-state index < -0.39 is 0 Å². The van der Waals surface area contributed by atoms with Gasteiger partial charge in [0.05, 0.1) is 25.0 Å². The van der Waals surface area contributed by atoms with E-state index in [1.54, 1.807) is 0 Å². The minimum Gasteiger partial charge on any atom is -0.371 e. The van der Waals surface area contributed by atoms with Crippen LogP contribution in [-0.2, 0) is 0 Å². The summed E-state index contributed by atoms with van der Waals surface area (Å²) in [7, 11) is 4.03. The van der Waals surface area contributed by atoms with Crippen molar-refractivity contribution in [2.24, 2.45) is 5.10 Å². The summed E-state index contributed by atoms with van der Waals surface area (Å²) in [6, 6.07) is 10.2. The lowest BCUT2D eigenvalue weighted by molar-refractivity contribution is -0.588. The molecule has 0 bridgehead atoms. The molecule has 0 saturated carbocycles. The summed E-state index contributed by atoms with van der Waals surface area (Å²) in [5.41, 5.74) is 1.09. The predicted octanol–water partition coefficient (Wildman–Crippen LogP) is 3.03. The molecule has 2 N–H and O–H groups in total. The third-order valence-electron chi connectivity index (χ3n) is 3.49. The lowest BCUT2D eigenvalue weighted by Crippen LogP contribution is -2.78. The van der Waals surface area contributed by atoms with Gasteiger partial charge in [-0.2, -0.15) is 5.10 Å². The third-order valence-corrected chi connectivity index (χ3v) is 4.05.